The minimum absolute atomic E-state index is 0.0582. The van der Waals surface area contributed by atoms with Crippen LogP contribution < -0.4 is 16.0 Å². The number of hydrogen-bond donors (Lipinski definition) is 3. The van der Waals surface area contributed by atoms with Crippen molar-refractivity contribution < 1.29 is 9.59 Å². The number of nitrogens with one attached hydrogen (secondary N) is 3. The first kappa shape index (κ1) is 12.0. The summed E-state index contributed by atoms with van der Waals surface area (Å²) in [7, 11) is 0. The lowest BCUT2D eigenvalue weighted by atomic mass is 10.2. The Hall–Kier alpha value is -1.10. The summed E-state index contributed by atoms with van der Waals surface area (Å²) in [4.78, 5) is 22.4. The van der Waals surface area contributed by atoms with Crippen LogP contribution in [0.3, 0.4) is 0 Å². The molecule has 1 saturated heterocycles. The van der Waals surface area contributed by atoms with E-state index in [1.54, 1.807) is 0 Å². The second-order valence-electron chi connectivity index (χ2n) is 3.78. The van der Waals surface area contributed by atoms with Crippen LogP contribution in [0, 0.1) is 0 Å². The highest BCUT2D eigenvalue weighted by molar-refractivity contribution is 5.84. The molecule has 1 aliphatic heterocycles. The first-order chi connectivity index (χ1) is 7.22. The van der Waals surface area contributed by atoms with Gasteiger partial charge in [-0.2, -0.15) is 0 Å². The van der Waals surface area contributed by atoms with Gasteiger partial charge in [0.1, 0.15) is 0 Å². The highest BCUT2D eigenvalue weighted by Crippen LogP contribution is 1.95. The summed E-state index contributed by atoms with van der Waals surface area (Å²) in [5.74, 6) is -0.162. The lowest BCUT2D eigenvalue weighted by Crippen LogP contribution is -2.42. The van der Waals surface area contributed by atoms with Crippen molar-refractivity contribution in [1.29, 1.82) is 0 Å². The topological polar surface area (TPSA) is 70.2 Å². The normalized spacial score (nSPS) is 19.9. The van der Waals surface area contributed by atoms with Crippen LogP contribution in [0.1, 0.15) is 26.2 Å². The van der Waals surface area contributed by atoms with Crippen LogP contribution in [-0.2, 0) is 9.59 Å². The second-order valence-corrected chi connectivity index (χ2v) is 3.78. The van der Waals surface area contributed by atoms with E-state index in [0.29, 0.717) is 6.42 Å². The van der Waals surface area contributed by atoms with Crippen molar-refractivity contribution in [3.8, 4) is 0 Å². The molecule has 0 radical (unpaired) electrons. The Morgan fingerprint density at radius 3 is 2.80 bits per heavy atom. The molecule has 1 aliphatic rings. The van der Waals surface area contributed by atoms with E-state index in [1.165, 1.54) is 0 Å². The molecule has 0 aliphatic carbocycles. The molecule has 1 rings (SSSR count). The van der Waals surface area contributed by atoms with E-state index in [-0.39, 0.29) is 24.4 Å². The quantitative estimate of drug-likeness (QED) is 0.570. The van der Waals surface area contributed by atoms with Crippen LogP contribution >= 0.6 is 0 Å². The monoisotopic (exact) mass is 213 g/mol. The first-order valence-electron chi connectivity index (χ1n) is 5.49. The fourth-order valence-electron chi connectivity index (χ4n) is 1.55. The molecule has 0 saturated carbocycles. The largest absolute Gasteiger partial charge is 0.351 e. The minimum Gasteiger partial charge on any atom is -0.351 e. The van der Waals surface area contributed by atoms with Gasteiger partial charge in [0.05, 0.1) is 6.54 Å². The zero-order valence-electron chi connectivity index (χ0n) is 9.14. The molecule has 2 amide bonds. The van der Waals surface area contributed by atoms with E-state index in [1.807, 2.05) is 6.92 Å². The van der Waals surface area contributed by atoms with Gasteiger partial charge in [-0.25, -0.2) is 0 Å². The Morgan fingerprint density at radius 1 is 1.40 bits per heavy atom. The highest BCUT2D eigenvalue weighted by atomic mass is 16.2. The first-order valence-corrected chi connectivity index (χ1v) is 5.49. The van der Waals surface area contributed by atoms with Gasteiger partial charge in [0.2, 0.25) is 11.8 Å². The van der Waals surface area contributed by atoms with Gasteiger partial charge in [0, 0.05) is 19.0 Å². The van der Waals surface area contributed by atoms with E-state index < -0.39 is 0 Å². The third-order valence-corrected chi connectivity index (χ3v) is 2.35. The molecule has 0 aromatic heterocycles. The number of carbonyl (C=O) groups excluding carboxylic acids is 2. The third kappa shape index (κ3) is 4.78. The number of hydrogen-bond acceptors (Lipinski definition) is 3. The summed E-state index contributed by atoms with van der Waals surface area (Å²) in [5, 5.41) is 8.61. The SMILES string of the molecule is CCCC(=O)NCC(=O)NC1CCNC1. The van der Waals surface area contributed by atoms with Crippen LogP contribution in [0.25, 0.3) is 0 Å². The molecule has 1 heterocycles. The molecule has 0 aromatic rings. The number of rotatable bonds is 5. The van der Waals surface area contributed by atoms with E-state index in [2.05, 4.69) is 16.0 Å². The summed E-state index contributed by atoms with van der Waals surface area (Å²) < 4.78 is 0. The Kier molecular flexibility index (Phi) is 5.10. The molecule has 0 aromatic carbocycles. The van der Waals surface area contributed by atoms with Gasteiger partial charge in [0.15, 0.2) is 0 Å². The Morgan fingerprint density at radius 2 is 2.20 bits per heavy atom. The predicted octanol–water partition coefficient (Wildman–Crippen LogP) is -0.619. The molecular weight excluding hydrogens is 194 g/mol. The van der Waals surface area contributed by atoms with E-state index in [4.69, 9.17) is 0 Å². The maximum absolute atomic E-state index is 11.4. The van der Waals surface area contributed by atoms with E-state index >= 15 is 0 Å². The zero-order valence-corrected chi connectivity index (χ0v) is 9.14. The van der Waals surface area contributed by atoms with Crippen LogP contribution in [0.15, 0.2) is 0 Å². The smallest absolute Gasteiger partial charge is 0.239 e. The van der Waals surface area contributed by atoms with Crippen molar-refractivity contribution >= 4 is 11.8 Å². The van der Waals surface area contributed by atoms with Crippen LogP contribution in [0.4, 0.5) is 0 Å². The van der Waals surface area contributed by atoms with Gasteiger partial charge in [-0.3, -0.25) is 9.59 Å². The summed E-state index contributed by atoms with van der Waals surface area (Å²) in [6.45, 7) is 3.81. The molecule has 86 valence electrons. The fraction of sp³-hybridized carbons (Fsp3) is 0.800. The average Bonchev–Trinajstić information content (AvgIpc) is 2.68. The van der Waals surface area contributed by atoms with E-state index in [0.717, 1.165) is 25.9 Å². The molecule has 1 unspecified atom stereocenters. The average molecular weight is 213 g/mol. The van der Waals surface area contributed by atoms with Crippen LogP contribution in [-0.4, -0.2) is 37.5 Å². The van der Waals surface area contributed by atoms with Crippen molar-refractivity contribution in [3.63, 3.8) is 0 Å². The van der Waals surface area contributed by atoms with Gasteiger partial charge in [0.25, 0.3) is 0 Å². The van der Waals surface area contributed by atoms with E-state index in [9.17, 15) is 9.59 Å². The number of amides is 2. The van der Waals surface area contributed by atoms with Crippen molar-refractivity contribution in [2.45, 2.75) is 32.2 Å². The maximum Gasteiger partial charge on any atom is 0.239 e. The van der Waals surface area contributed by atoms with Gasteiger partial charge < -0.3 is 16.0 Å². The lowest BCUT2D eigenvalue weighted by molar-refractivity contribution is -0.126. The fourth-order valence-corrected chi connectivity index (χ4v) is 1.55. The Bertz CT molecular complexity index is 225. The molecule has 15 heavy (non-hydrogen) atoms. The molecule has 0 bridgehead atoms. The molecule has 5 heteroatoms. The van der Waals surface area contributed by atoms with Gasteiger partial charge in [-0.15, -0.1) is 0 Å². The summed E-state index contributed by atoms with van der Waals surface area (Å²) >= 11 is 0. The maximum atomic E-state index is 11.4. The molecule has 0 spiro atoms. The molecular formula is C10H19N3O2. The second kappa shape index (κ2) is 6.40. The van der Waals surface area contributed by atoms with Crippen molar-refractivity contribution in [2.24, 2.45) is 0 Å². The van der Waals surface area contributed by atoms with Crippen molar-refractivity contribution in [3.05, 3.63) is 0 Å². The van der Waals surface area contributed by atoms with Gasteiger partial charge in [-0.1, -0.05) is 6.92 Å². The standard InChI is InChI=1S/C10H19N3O2/c1-2-3-9(14)12-7-10(15)13-8-4-5-11-6-8/h8,11H,2-7H2,1H3,(H,12,14)(H,13,15). The van der Waals surface area contributed by atoms with Crippen molar-refractivity contribution in [1.82, 2.24) is 16.0 Å². The van der Waals surface area contributed by atoms with Gasteiger partial charge in [-0.05, 0) is 19.4 Å². The lowest BCUT2D eigenvalue weighted by Gasteiger charge is -2.11. The van der Waals surface area contributed by atoms with Crippen LogP contribution in [0.2, 0.25) is 0 Å². The van der Waals surface area contributed by atoms with Gasteiger partial charge >= 0.3 is 0 Å². The molecule has 5 nitrogen and oxygen atoms in total. The zero-order chi connectivity index (χ0) is 11.1. The predicted molar refractivity (Wildman–Crippen MR) is 57.3 cm³/mol. The Balaban J connectivity index is 2.10. The summed E-state index contributed by atoms with van der Waals surface area (Å²) in [6.07, 6.45) is 2.26. The number of carbonyl (C=O) groups is 2. The third-order valence-electron chi connectivity index (χ3n) is 2.35. The summed E-state index contributed by atoms with van der Waals surface area (Å²) in [5.41, 5.74) is 0. The molecule has 1 atom stereocenters. The molecule has 3 N–H and O–H groups in total. The minimum atomic E-state index is -0.104. The van der Waals surface area contributed by atoms with Crippen molar-refractivity contribution in [2.75, 3.05) is 19.6 Å². The molecule has 1 fully saturated rings. The Labute approximate surface area is 90.0 Å². The van der Waals surface area contributed by atoms with Crippen LogP contribution in [0.5, 0.6) is 0 Å². The highest BCUT2D eigenvalue weighted by Gasteiger charge is 2.16. The summed E-state index contributed by atoms with van der Waals surface area (Å²) in [6, 6.07) is 0.223.